The van der Waals surface area contributed by atoms with Crippen molar-refractivity contribution in [1.82, 2.24) is 0 Å². The third kappa shape index (κ3) is 3.85. The lowest BCUT2D eigenvalue weighted by molar-refractivity contribution is -0.137. The first-order chi connectivity index (χ1) is 12.3. The van der Waals surface area contributed by atoms with Gasteiger partial charge in [-0.15, -0.1) is 0 Å². The first-order valence-electron chi connectivity index (χ1n) is 7.46. The second-order valence-corrected chi connectivity index (χ2v) is 5.32. The maximum absolute atomic E-state index is 12.9. The summed E-state index contributed by atoms with van der Waals surface area (Å²) < 4.78 is 48.7. The molecular weight excluding hydrogens is 351 g/mol. The van der Waals surface area contributed by atoms with Crippen LogP contribution in [-0.2, 0) is 15.7 Å². The van der Waals surface area contributed by atoms with Gasteiger partial charge in [-0.1, -0.05) is 30.3 Å². The molecule has 0 unspecified atom stereocenters. The van der Waals surface area contributed by atoms with Gasteiger partial charge in [-0.25, -0.2) is 4.79 Å². The molecule has 0 saturated carbocycles. The van der Waals surface area contributed by atoms with Crippen molar-refractivity contribution in [2.75, 3.05) is 11.9 Å². The quantitative estimate of drug-likeness (QED) is 0.704. The van der Waals surface area contributed by atoms with Gasteiger partial charge in [-0.2, -0.15) is 13.2 Å². The zero-order valence-corrected chi connectivity index (χ0v) is 13.2. The van der Waals surface area contributed by atoms with Crippen LogP contribution in [0.1, 0.15) is 16.1 Å². The maximum atomic E-state index is 12.9. The van der Waals surface area contributed by atoms with Crippen LogP contribution in [0.5, 0.6) is 0 Å². The number of esters is 1. The lowest BCUT2D eigenvalue weighted by Gasteiger charge is -2.13. The molecule has 1 amide bonds. The molecule has 0 radical (unpaired) electrons. The normalized spacial score (nSPS) is 11.3. The molecule has 26 heavy (non-hydrogen) atoms. The van der Waals surface area contributed by atoms with E-state index < -0.39 is 35.9 Å². The number of para-hydroxylation sites is 2. The molecule has 134 valence electrons. The number of hydrogen-bond donors (Lipinski definition) is 1. The van der Waals surface area contributed by atoms with Crippen LogP contribution >= 0.6 is 0 Å². The summed E-state index contributed by atoms with van der Waals surface area (Å²) in [6.45, 7) is -0.748. The Morgan fingerprint density at radius 1 is 1.04 bits per heavy atom. The molecule has 1 N–H and O–H groups in total. The van der Waals surface area contributed by atoms with E-state index in [1.165, 1.54) is 18.2 Å². The van der Waals surface area contributed by atoms with Gasteiger partial charge in [0.05, 0.1) is 11.3 Å². The van der Waals surface area contributed by atoms with Gasteiger partial charge in [0.2, 0.25) is 5.76 Å². The molecule has 0 aliphatic carbocycles. The molecule has 1 aromatic heterocycles. The Bertz CT molecular complexity index is 929. The van der Waals surface area contributed by atoms with Crippen molar-refractivity contribution in [1.29, 1.82) is 0 Å². The highest BCUT2D eigenvalue weighted by molar-refractivity contribution is 5.96. The standard InChI is InChI=1S/C18H12F3NO4/c19-18(20,21)12-6-2-3-7-13(12)22-16(23)10-25-17(24)15-9-11-5-1-4-8-14(11)26-15/h1-9H,10H2,(H,22,23). The van der Waals surface area contributed by atoms with E-state index in [1.54, 1.807) is 24.3 Å². The van der Waals surface area contributed by atoms with E-state index in [4.69, 9.17) is 9.15 Å². The molecule has 3 aromatic rings. The fourth-order valence-electron chi connectivity index (χ4n) is 2.31. The van der Waals surface area contributed by atoms with Crippen LogP contribution in [0.3, 0.4) is 0 Å². The molecule has 0 bridgehead atoms. The lowest BCUT2D eigenvalue weighted by atomic mass is 10.1. The van der Waals surface area contributed by atoms with Crippen molar-refractivity contribution in [3.8, 4) is 0 Å². The number of furan rings is 1. The van der Waals surface area contributed by atoms with Crippen LogP contribution < -0.4 is 5.32 Å². The number of carbonyl (C=O) groups excluding carboxylic acids is 2. The Morgan fingerprint density at radius 3 is 2.46 bits per heavy atom. The first kappa shape index (κ1) is 17.5. The fraction of sp³-hybridized carbons (Fsp3) is 0.111. The summed E-state index contributed by atoms with van der Waals surface area (Å²) in [6.07, 6.45) is -4.62. The van der Waals surface area contributed by atoms with Gasteiger partial charge >= 0.3 is 12.1 Å². The topological polar surface area (TPSA) is 68.5 Å². The van der Waals surface area contributed by atoms with Gasteiger partial charge in [0.15, 0.2) is 6.61 Å². The number of amides is 1. The van der Waals surface area contributed by atoms with Crippen LogP contribution in [0.2, 0.25) is 0 Å². The predicted molar refractivity (Wildman–Crippen MR) is 86.6 cm³/mol. The van der Waals surface area contributed by atoms with Gasteiger partial charge in [0, 0.05) is 5.39 Å². The fourth-order valence-corrected chi connectivity index (χ4v) is 2.31. The summed E-state index contributed by atoms with van der Waals surface area (Å²) in [5, 5.41) is 2.77. The smallest absolute Gasteiger partial charge is 0.418 e. The largest absolute Gasteiger partial charge is 0.450 e. The van der Waals surface area contributed by atoms with E-state index in [0.29, 0.717) is 11.0 Å². The monoisotopic (exact) mass is 363 g/mol. The molecular formula is C18H12F3NO4. The molecule has 5 nitrogen and oxygen atoms in total. The predicted octanol–water partition coefficient (Wildman–Crippen LogP) is 4.25. The maximum Gasteiger partial charge on any atom is 0.418 e. The highest BCUT2D eigenvalue weighted by Gasteiger charge is 2.33. The number of fused-ring (bicyclic) bond motifs is 1. The van der Waals surface area contributed by atoms with Crippen molar-refractivity contribution >= 4 is 28.5 Å². The zero-order chi connectivity index (χ0) is 18.7. The SMILES string of the molecule is O=C(COC(=O)c1cc2ccccc2o1)Nc1ccccc1C(F)(F)F. The molecule has 0 atom stereocenters. The van der Waals surface area contributed by atoms with E-state index in [1.807, 2.05) is 0 Å². The molecule has 2 aromatic carbocycles. The number of nitrogens with one attached hydrogen (secondary N) is 1. The summed E-state index contributed by atoms with van der Waals surface area (Å²) in [6, 6.07) is 12.9. The molecule has 0 fully saturated rings. The number of anilines is 1. The summed E-state index contributed by atoms with van der Waals surface area (Å²) in [5.74, 6) is -1.89. The van der Waals surface area contributed by atoms with Crippen molar-refractivity contribution in [2.24, 2.45) is 0 Å². The summed E-state index contributed by atoms with van der Waals surface area (Å²) in [7, 11) is 0. The van der Waals surface area contributed by atoms with Crippen LogP contribution in [0, 0.1) is 0 Å². The number of rotatable bonds is 4. The van der Waals surface area contributed by atoms with E-state index in [-0.39, 0.29) is 5.76 Å². The van der Waals surface area contributed by atoms with Gasteiger partial charge in [-0.05, 0) is 24.3 Å². The minimum Gasteiger partial charge on any atom is -0.450 e. The highest BCUT2D eigenvalue weighted by Crippen LogP contribution is 2.34. The van der Waals surface area contributed by atoms with Crippen molar-refractivity contribution in [3.63, 3.8) is 0 Å². The second-order valence-electron chi connectivity index (χ2n) is 5.32. The van der Waals surface area contributed by atoms with Crippen LogP contribution in [-0.4, -0.2) is 18.5 Å². The Morgan fingerprint density at radius 2 is 1.73 bits per heavy atom. The minimum absolute atomic E-state index is 0.102. The Hall–Kier alpha value is -3.29. The van der Waals surface area contributed by atoms with Gasteiger partial charge in [0.1, 0.15) is 5.58 Å². The van der Waals surface area contributed by atoms with E-state index in [0.717, 1.165) is 12.1 Å². The van der Waals surface area contributed by atoms with E-state index >= 15 is 0 Å². The van der Waals surface area contributed by atoms with Crippen LogP contribution in [0.25, 0.3) is 11.0 Å². The molecule has 0 spiro atoms. The number of halogens is 3. The summed E-state index contributed by atoms with van der Waals surface area (Å²) in [5.41, 5.74) is -0.926. The third-order valence-electron chi connectivity index (χ3n) is 3.47. The second kappa shape index (κ2) is 6.91. The lowest BCUT2D eigenvalue weighted by Crippen LogP contribution is -2.22. The van der Waals surface area contributed by atoms with Gasteiger partial charge in [0.25, 0.3) is 5.91 Å². The summed E-state index contributed by atoms with van der Waals surface area (Å²) >= 11 is 0. The number of carbonyl (C=O) groups is 2. The zero-order valence-electron chi connectivity index (χ0n) is 13.2. The Kier molecular flexibility index (Phi) is 4.66. The molecule has 1 heterocycles. The number of benzene rings is 2. The molecule has 8 heteroatoms. The minimum atomic E-state index is -4.62. The Labute approximate surface area is 145 Å². The third-order valence-corrected chi connectivity index (χ3v) is 3.47. The number of hydrogen-bond acceptors (Lipinski definition) is 4. The van der Waals surface area contributed by atoms with Crippen LogP contribution in [0.15, 0.2) is 59.0 Å². The van der Waals surface area contributed by atoms with E-state index in [9.17, 15) is 22.8 Å². The average molecular weight is 363 g/mol. The molecule has 0 saturated heterocycles. The van der Waals surface area contributed by atoms with Gasteiger partial charge < -0.3 is 14.5 Å². The van der Waals surface area contributed by atoms with Crippen molar-refractivity contribution < 1.29 is 31.9 Å². The van der Waals surface area contributed by atoms with E-state index in [2.05, 4.69) is 5.32 Å². The van der Waals surface area contributed by atoms with Crippen molar-refractivity contribution in [3.05, 3.63) is 65.9 Å². The van der Waals surface area contributed by atoms with Crippen molar-refractivity contribution in [2.45, 2.75) is 6.18 Å². The van der Waals surface area contributed by atoms with Gasteiger partial charge in [-0.3, -0.25) is 4.79 Å². The number of alkyl halides is 3. The number of ether oxygens (including phenoxy) is 1. The molecule has 0 aliphatic rings. The Balaban J connectivity index is 1.63. The molecule has 3 rings (SSSR count). The van der Waals surface area contributed by atoms with Crippen LogP contribution in [0.4, 0.5) is 18.9 Å². The first-order valence-corrected chi connectivity index (χ1v) is 7.46. The highest BCUT2D eigenvalue weighted by atomic mass is 19.4. The average Bonchev–Trinajstić information content (AvgIpc) is 3.03. The molecule has 0 aliphatic heterocycles. The summed E-state index contributed by atoms with van der Waals surface area (Å²) in [4.78, 5) is 23.7.